The molecule has 0 radical (unpaired) electrons. The van der Waals surface area contributed by atoms with E-state index in [9.17, 15) is 9.90 Å². The van der Waals surface area contributed by atoms with Crippen LogP contribution >= 0.6 is 0 Å². The van der Waals surface area contributed by atoms with Gasteiger partial charge in [0.1, 0.15) is 17.1 Å². The van der Waals surface area contributed by atoms with E-state index < -0.39 is 11.2 Å². The van der Waals surface area contributed by atoms with Crippen molar-refractivity contribution in [3.63, 3.8) is 0 Å². The van der Waals surface area contributed by atoms with Gasteiger partial charge in [-0.2, -0.15) is 0 Å². The fraction of sp³-hybridized carbons (Fsp3) is 0.606. The number of unbranched alkanes of at least 4 members (excludes halogenated alkanes) is 7. The van der Waals surface area contributed by atoms with Gasteiger partial charge in [0, 0.05) is 23.5 Å². The highest BCUT2D eigenvalue weighted by molar-refractivity contribution is 5.69. The first-order valence-corrected chi connectivity index (χ1v) is 14.4. The van der Waals surface area contributed by atoms with Crippen LogP contribution in [0.1, 0.15) is 115 Å². The molecule has 5 heteroatoms. The lowest BCUT2D eigenvalue weighted by molar-refractivity contribution is -0.154. The molecule has 2 aromatic rings. The number of hydrogen-bond acceptors (Lipinski definition) is 5. The maximum atomic E-state index is 12.2. The molecular weight excluding hydrogens is 476 g/mol. The zero-order valence-electron chi connectivity index (χ0n) is 24.6. The summed E-state index contributed by atoms with van der Waals surface area (Å²) in [5.41, 5.74) is 0.388. The number of benzene rings is 2. The molecule has 0 aliphatic rings. The van der Waals surface area contributed by atoms with Crippen molar-refractivity contribution in [3.05, 3.63) is 59.7 Å². The first-order valence-electron chi connectivity index (χ1n) is 14.4. The lowest BCUT2D eigenvalue weighted by atomic mass is 9.72. The minimum atomic E-state index is -1.07. The molecule has 0 amide bonds. The molecule has 0 aromatic heterocycles. The second-order valence-corrected chi connectivity index (χ2v) is 11.2. The SMILES string of the molecule is CCC(O)(c1ccccc1OC)C(CCCCCCCCCCC(=O)OC(C)(C)C)c1ccccc1OC. The van der Waals surface area contributed by atoms with Crippen LogP contribution < -0.4 is 9.47 Å². The monoisotopic (exact) mass is 526 g/mol. The average Bonchev–Trinajstić information content (AvgIpc) is 2.90. The van der Waals surface area contributed by atoms with E-state index in [0.29, 0.717) is 18.6 Å². The van der Waals surface area contributed by atoms with Gasteiger partial charge in [0.05, 0.1) is 19.8 Å². The fourth-order valence-electron chi connectivity index (χ4n) is 5.30. The Bertz CT molecular complexity index is 964. The normalized spacial score (nSPS) is 14.0. The number of para-hydroxylation sites is 2. The van der Waals surface area contributed by atoms with Crippen molar-refractivity contribution in [2.45, 2.75) is 115 Å². The van der Waals surface area contributed by atoms with E-state index in [-0.39, 0.29) is 11.9 Å². The minimum Gasteiger partial charge on any atom is -0.496 e. The number of esters is 1. The van der Waals surface area contributed by atoms with Gasteiger partial charge in [0.15, 0.2) is 0 Å². The van der Waals surface area contributed by atoms with Crippen molar-refractivity contribution in [1.29, 1.82) is 0 Å². The molecule has 0 heterocycles. The van der Waals surface area contributed by atoms with Crippen molar-refractivity contribution in [1.82, 2.24) is 0 Å². The molecule has 0 aliphatic heterocycles. The largest absolute Gasteiger partial charge is 0.496 e. The Balaban J connectivity index is 1.92. The van der Waals surface area contributed by atoms with E-state index in [4.69, 9.17) is 14.2 Å². The Morgan fingerprint density at radius 1 is 0.789 bits per heavy atom. The molecule has 2 atom stereocenters. The molecule has 1 N–H and O–H groups in total. The van der Waals surface area contributed by atoms with Gasteiger partial charge in [0.25, 0.3) is 0 Å². The lowest BCUT2D eigenvalue weighted by Gasteiger charge is -2.38. The number of aliphatic hydroxyl groups is 1. The van der Waals surface area contributed by atoms with Gasteiger partial charge in [-0.25, -0.2) is 0 Å². The van der Waals surface area contributed by atoms with Gasteiger partial charge in [-0.1, -0.05) is 88.3 Å². The summed E-state index contributed by atoms with van der Waals surface area (Å²) in [6.45, 7) is 7.76. The van der Waals surface area contributed by atoms with Crippen LogP contribution in [0.15, 0.2) is 48.5 Å². The van der Waals surface area contributed by atoms with Crippen LogP contribution in [0.4, 0.5) is 0 Å². The summed E-state index contributed by atoms with van der Waals surface area (Å²) < 4.78 is 16.7. The maximum Gasteiger partial charge on any atom is 0.306 e. The molecule has 38 heavy (non-hydrogen) atoms. The Labute approximate surface area is 230 Å². The van der Waals surface area contributed by atoms with Gasteiger partial charge in [-0.3, -0.25) is 4.79 Å². The van der Waals surface area contributed by atoms with Crippen LogP contribution in [0.5, 0.6) is 11.5 Å². The van der Waals surface area contributed by atoms with Gasteiger partial charge < -0.3 is 19.3 Å². The average molecular weight is 527 g/mol. The smallest absolute Gasteiger partial charge is 0.306 e. The molecule has 0 spiro atoms. The quantitative estimate of drug-likeness (QED) is 0.166. The van der Waals surface area contributed by atoms with Crippen molar-refractivity contribution < 1.29 is 24.1 Å². The number of methoxy groups -OCH3 is 2. The summed E-state index contributed by atoms with van der Waals surface area (Å²) in [5, 5.41) is 12.2. The first kappa shape index (κ1) is 31.7. The third kappa shape index (κ3) is 9.65. The maximum absolute atomic E-state index is 12.2. The summed E-state index contributed by atoms with van der Waals surface area (Å²) in [6.07, 6.45) is 10.7. The second kappa shape index (κ2) is 15.8. The summed E-state index contributed by atoms with van der Waals surface area (Å²) in [4.78, 5) is 11.8. The Morgan fingerprint density at radius 2 is 1.32 bits per heavy atom. The van der Waals surface area contributed by atoms with Crippen LogP contribution in [-0.4, -0.2) is 30.9 Å². The Hall–Kier alpha value is -2.53. The minimum absolute atomic E-state index is 0.0951. The number of carbonyl (C=O) groups excluding carboxylic acids is 1. The van der Waals surface area contributed by atoms with Crippen molar-refractivity contribution in [2.24, 2.45) is 0 Å². The summed E-state index contributed by atoms with van der Waals surface area (Å²) in [5.74, 6) is 1.31. The van der Waals surface area contributed by atoms with Gasteiger partial charge in [-0.05, 0) is 52.2 Å². The molecule has 212 valence electrons. The van der Waals surface area contributed by atoms with Crippen molar-refractivity contribution in [2.75, 3.05) is 14.2 Å². The molecule has 5 nitrogen and oxygen atoms in total. The third-order valence-electron chi connectivity index (χ3n) is 7.25. The Morgan fingerprint density at radius 3 is 1.89 bits per heavy atom. The van der Waals surface area contributed by atoms with Gasteiger partial charge in [0.2, 0.25) is 0 Å². The molecule has 2 rings (SSSR count). The van der Waals surface area contributed by atoms with E-state index in [1.54, 1.807) is 14.2 Å². The summed E-state index contributed by atoms with van der Waals surface area (Å²) in [7, 11) is 3.35. The van der Waals surface area contributed by atoms with Gasteiger partial charge >= 0.3 is 5.97 Å². The lowest BCUT2D eigenvalue weighted by Crippen LogP contribution is -2.34. The predicted molar refractivity (Wildman–Crippen MR) is 155 cm³/mol. The van der Waals surface area contributed by atoms with E-state index in [1.807, 2.05) is 70.2 Å². The van der Waals surface area contributed by atoms with Crippen molar-refractivity contribution >= 4 is 5.97 Å². The molecule has 2 aromatic carbocycles. The predicted octanol–water partition coefficient (Wildman–Crippen LogP) is 8.33. The first-order chi connectivity index (χ1) is 18.2. The van der Waals surface area contributed by atoms with Crippen LogP contribution in [0, 0.1) is 0 Å². The highest BCUT2D eigenvalue weighted by Crippen LogP contribution is 2.48. The summed E-state index contributed by atoms with van der Waals surface area (Å²) >= 11 is 0. The van der Waals surface area contributed by atoms with E-state index in [2.05, 4.69) is 6.07 Å². The number of rotatable bonds is 17. The van der Waals surface area contributed by atoms with Crippen molar-refractivity contribution in [3.8, 4) is 11.5 Å². The van der Waals surface area contributed by atoms with Gasteiger partial charge in [-0.15, -0.1) is 0 Å². The van der Waals surface area contributed by atoms with Crippen LogP contribution in [0.3, 0.4) is 0 Å². The molecule has 0 fully saturated rings. The second-order valence-electron chi connectivity index (χ2n) is 11.2. The van der Waals surface area contributed by atoms with E-state index in [0.717, 1.165) is 55.4 Å². The van der Waals surface area contributed by atoms with Crippen LogP contribution in [-0.2, 0) is 15.1 Å². The topological polar surface area (TPSA) is 65.0 Å². The molecule has 0 saturated heterocycles. The number of ether oxygens (including phenoxy) is 3. The van der Waals surface area contributed by atoms with Crippen LogP contribution in [0.2, 0.25) is 0 Å². The summed E-state index contributed by atoms with van der Waals surface area (Å²) in [6, 6.07) is 15.9. The zero-order valence-corrected chi connectivity index (χ0v) is 24.6. The standard InChI is InChI=1S/C33H50O5/c1-7-33(35,28-22-17-19-24-30(28)37-6)27(26-20-16-18-23-29(26)36-5)21-14-12-10-8-9-11-13-15-25-31(34)38-32(2,3)4/h16-20,22-24,27,35H,7-15,21,25H2,1-6H3. The molecular formula is C33H50O5. The molecule has 0 bridgehead atoms. The molecule has 0 saturated carbocycles. The molecule has 0 aliphatic carbocycles. The van der Waals surface area contributed by atoms with E-state index in [1.165, 1.54) is 19.3 Å². The third-order valence-corrected chi connectivity index (χ3v) is 7.25. The molecule has 2 unspecified atom stereocenters. The highest BCUT2D eigenvalue weighted by atomic mass is 16.6. The zero-order chi connectivity index (χ0) is 28.0. The number of carbonyl (C=O) groups is 1. The Kier molecular flexibility index (Phi) is 13.2. The van der Waals surface area contributed by atoms with E-state index >= 15 is 0 Å². The fourth-order valence-corrected chi connectivity index (χ4v) is 5.30. The van der Waals surface area contributed by atoms with Crippen LogP contribution in [0.25, 0.3) is 0 Å². The highest BCUT2D eigenvalue weighted by Gasteiger charge is 2.40. The number of hydrogen-bond donors (Lipinski definition) is 1.